The smallest absolute Gasteiger partial charge is 0.447 e. The summed E-state index contributed by atoms with van der Waals surface area (Å²) in [6, 6.07) is 5.38. The highest BCUT2D eigenvalue weighted by molar-refractivity contribution is 7.80. The van der Waals surface area contributed by atoms with Crippen molar-refractivity contribution in [1.82, 2.24) is 5.32 Å². The van der Waals surface area contributed by atoms with E-state index in [1.165, 1.54) is 24.3 Å². The summed E-state index contributed by atoms with van der Waals surface area (Å²) < 4.78 is 12.9. The number of rotatable bonds is 5. The van der Waals surface area contributed by atoms with Crippen molar-refractivity contribution < 1.29 is 23.8 Å². The number of thiol groups is 1. The Morgan fingerprint density at radius 1 is 1.47 bits per heavy atom. The molecule has 0 bridgehead atoms. The lowest BCUT2D eigenvalue weighted by Gasteiger charge is -2.25. The van der Waals surface area contributed by atoms with Gasteiger partial charge >= 0.3 is 6.75 Å². The Bertz CT molecular complexity index is 468. The lowest BCUT2D eigenvalue weighted by Crippen LogP contribution is -2.44. The minimum absolute atomic E-state index is 0.293. The SMILES string of the molecule is C[C@H](CS)C(=O)N[C@H](c1ccc(F)cc1)[B-]1(O)OO1. The van der Waals surface area contributed by atoms with Crippen LogP contribution >= 0.6 is 12.6 Å². The van der Waals surface area contributed by atoms with Crippen molar-refractivity contribution in [2.75, 3.05) is 5.75 Å². The second-order valence-electron chi connectivity index (χ2n) is 4.54. The van der Waals surface area contributed by atoms with Crippen molar-refractivity contribution >= 4 is 25.3 Å². The summed E-state index contributed by atoms with van der Waals surface area (Å²) in [4.78, 5) is 20.9. The van der Waals surface area contributed by atoms with Gasteiger partial charge < -0.3 is 20.0 Å². The van der Waals surface area contributed by atoms with E-state index in [1.54, 1.807) is 6.92 Å². The number of carbonyl (C=O) groups excluding carboxylic acids is 1. The van der Waals surface area contributed by atoms with E-state index < -0.39 is 18.5 Å². The van der Waals surface area contributed by atoms with Gasteiger partial charge in [0.15, 0.2) is 0 Å². The third-order valence-corrected chi connectivity index (χ3v) is 3.51. The van der Waals surface area contributed by atoms with Crippen LogP contribution in [0.3, 0.4) is 0 Å². The van der Waals surface area contributed by atoms with Gasteiger partial charge in [-0.25, -0.2) is 4.39 Å². The number of carbonyl (C=O) groups is 1. The number of nitrogens with one attached hydrogen (secondary N) is 1. The van der Waals surface area contributed by atoms with Crippen molar-refractivity contribution in [3.63, 3.8) is 0 Å². The summed E-state index contributed by atoms with van der Waals surface area (Å²) in [5, 5.41) is 12.5. The van der Waals surface area contributed by atoms with E-state index in [9.17, 15) is 14.2 Å². The molecule has 1 fully saturated rings. The zero-order chi connectivity index (χ0) is 14.0. The lowest BCUT2D eigenvalue weighted by atomic mass is 9.69. The Hall–Kier alpha value is -1.09. The molecule has 5 nitrogen and oxygen atoms in total. The zero-order valence-corrected chi connectivity index (χ0v) is 11.1. The van der Waals surface area contributed by atoms with Crippen molar-refractivity contribution in [2.45, 2.75) is 12.9 Å². The fourth-order valence-electron chi connectivity index (χ4n) is 1.65. The lowest BCUT2D eigenvalue weighted by molar-refractivity contribution is -0.124. The molecule has 1 aromatic rings. The Morgan fingerprint density at radius 2 is 2.05 bits per heavy atom. The van der Waals surface area contributed by atoms with Gasteiger partial charge in [-0.1, -0.05) is 24.6 Å². The minimum Gasteiger partial charge on any atom is -0.555 e. The molecule has 2 atom stereocenters. The van der Waals surface area contributed by atoms with Crippen LogP contribution in [0.1, 0.15) is 18.4 Å². The first kappa shape index (κ1) is 14.3. The third kappa shape index (κ3) is 3.27. The van der Waals surface area contributed by atoms with Gasteiger partial charge in [-0.15, -0.1) is 0 Å². The highest BCUT2D eigenvalue weighted by atomic mass is 32.1. The molecule has 2 rings (SSSR count). The molecule has 2 N–H and O–H groups in total. The fraction of sp³-hybridized carbons (Fsp3) is 0.364. The number of halogens is 1. The molecule has 1 aliphatic rings. The van der Waals surface area contributed by atoms with E-state index in [0.717, 1.165) is 0 Å². The van der Waals surface area contributed by atoms with Gasteiger partial charge in [-0.2, -0.15) is 12.6 Å². The highest BCUT2D eigenvalue weighted by Gasteiger charge is 2.49. The maximum absolute atomic E-state index is 12.9. The van der Waals surface area contributed by atoms with Crippen LogP contribution in [0.15, 0.2) is 24.3 Å². The topological polar surface area (TPSA) is 74.4 Å². The number of hydrogen-bond donors (Lipinski definition) is 3. The third-order valence-electron chi connectivity index (χ3n) is 2.96. The largest absolute Gasteiger partial charge is 0.555 e. The van der Waals surface area contributed by atoms with E-state index in [-0.39, 0.29) is 11.8 Å². The quantitative estimate of drug-likeness (QED) is 0.326. The molecule has 1 amide bonds. The van der Waals surface area contributed by atoms with E-state index in [2.05, 4.69) is 27.6 Å². The van der Waals surface area contributed by atoms with Crippen LogP contribution < -0.4 is 5.32 Å². The summed E-state index contributed by atoms with van der Waals surface area (Å²) in [7, 11) is 0. The average molecular weight is 286 g/mol. The first-order valence-corrected chi connectivity index (χ1v) is 6.49. The maximum atomic E-state index is 12.9. The molecular formula is C11H14BFNO4S-. The zero-order valence-electron chi connectivity index (χ0n) is 10.2. The summed E-state index contributed by atoms with van der Waals surface area (Å²) in [6.45, 7) is -0.868. The van der Waals surface area contributed by atoms with Gasteiger partial charge in [0.1, 0.15) is 5.82 Å². The Labute approximate surface area is 115 Å². The molecule has 104 valence electrons. The second kappa shape index (κ2) is 5.50. The molecule has 0 aliphatic carbocycles. The Morgan fingerprint density at radius 3 is 2.53 bits per heavy atom. The molecule has 1 aliphatic heterocycles. The van der Waals surface area contributed by atoms with Crippen molar-refractivity contribution in [2.24, 2.45) is 5.92 Å². The van der Waals surface area contributed by atoms with Gasteiger partial charge in [0.25, 0.3) is 0 Å². The molecular weight excluding hydrogens is 272 g/mol. The Balaban J connectivity index is 2.18. The van der Waals surface area contributed by atoms with Crippen molar-refractivity contribution in [3.8, 4) is 0 Å². The molecule has 0 radical (unpaired) electrons. The number of amides is 1. The maximum Gasteiger partial charge on any atom is 0.447 e. The van der Waals surface area contributed by atoms with Crippen LogP contribution in [-0.2, 0) is 14.4 Å². The van der Waals surface area contributed by atoms with Crippen LogP contribution in [0.25, 0.3) is 0 Å². The molecule has 1 saturated heterocycles. The van der Waals surface area contributed by atoms with Gasteiger partial charge in [0, 0.05) is 17.6 Å². The van der Waals surface area contributed by atoms with Crippen LogP contribution in [0.2, 0.25) is 0 Å². The van der Waals surface area contributed by atoms with Crippen LogP contribution in [0.5, 0.6) is 0 Å². The molecule has 0 unspecified atom stereocenters. The molecule has 0 aromatic heterocycles. The molecule has 1 heterocycles. The predicted octanol–water partition coefficient (Wildman–Crippen LogP) is 0.981. The summed E-state index contributed by atoms with van der Waals surface area (Å²) >= 11 is 4.04. The normalized spacial score (nSPS) is 19.6. The van der Waals surface area contributed by atoms with Crippen molar-refractivity contribution in [3.05, 3.63) is 35.6 Å². The molecule has 0 saturated carbocycles. The van der Waals surface area contributed by atoms with Gasteiger partial charge in [0.05, 0.1) is 0 Å². The number of benzene rings is 1. The van der Waals surface area contributed by atoms with Crippen LogP contribution in [-0.4, -0.2) is 23.4 Å². The highest BCUT2D eigenvalue weighted by Crippen LogP contribution is 2.34. The molecule has 19 heavy (non-hydrogen) atoms. The van der Waals surface area contributed by atoms with E-state index >= 15 is 0 Å². The summed E-state index contributed by atoms with van der Waals surface area (Å²) in [6.07, 6.45) is 0. The molecule has 0 spiro atoms. The predicted molar refractivity (Wildman–Crippen MR) is 70.4 cm³/mol. The Kier molecular flexibility index (Phi) is 4.15. The molecule has 1 aromatic carbocycles. The monoisotopic (exact) mass is 286 g/mol. The minimum atomic E-state index is -2.57. The number of hydrogen-bond acceptors (Lipinski definition) is 5. The van der Waals surface area contributed by atoms with E-state index in [4.69, 9.17) is 0 Å². The standard InChI is InChI=1S/C11H14BFNO4S/c1-7(6-19)11(15)14-10(12(16)17-18-12)8-2-4-9(13)5-3-8/h2-5,7,10,16,19H,6H2,1H3,(H,14,15)/q-1/t7-,10-/m1/s1. The van der Waals surface area contributed by atoms with Gasteiger partial charge in [-0.3, -0.25) is 4.79 Å². The molecule has 8 heteroatoms. The first-order valence-electron chi connectivity index (χ1n) is 5.86. The van der Waals surface area contributed by atoms with Gasteiger partial charge in [0.2, 0.25) is 5.91 Å². The average Bonchev–Trinajstić information content (AvgIpc) is 3.15. The second-order valence-corrected chi connectivity index (χ2v) is 4.91. The first-order chi connectivity index (χ1) is 8.96. The van der Waals surface area contributed by atoms with Crippen molar-refractivity contribution in [1.29, 1.82) is 0 Å². The summed E-state index contributed by atoms with van der Waals surface area (Å²) in [5.41, 5.74) is 0.501. The van der Waals surface area contributed by atoms with Crippen LogP contribution in [0.4, 0.5) is 4.39 Å². The van der Waals surface area contributed by atoms with E-state index in [1.807, 2.05) is 0 Å². The van der Waals surface area contributed by atoms with Gasteiger partial charge in [-0.05, 0) is 12.1 Å². The summed E-state index contributed by atoms with van der Waals surface area (Å²) in [5.74, 6) is -1.52. The van der Waals surface area contributed by atoms with E-state index in [0.29, 0.717) is 11.3 Å². The van der Waals surface area contributed by atoms with Crippen LogP contribution in [0, 0.1) is 11.7 Å². The fourth-order valence-corrected chi connectivity index (χ4v) is 1.81.